The Labute approximate surface area is 254 Å². The second-order valence-corrected chi connectivity index (χ2v) is 11.2. The van der Waals surface area contributed by atoms with Gasteiger partial charge in [-0.3, -0.25) is 4.79 Å². The van der Waals surface area contributed by atoms with Gasteiger partial charge in [-0.25, -0.2) is 4.79 Å². The van der Waals surface area contributed by atoms with Gasteiger partial charge in [0.1, 0.15) is 17.2 Å². The number of aliphatic carboxylic acids is 1. The van der Waals surface area contributed by atoms with Gasteiger partial charge in [-0.15, -0.1) is 0 Å². The predicted octanol–water partition coefficient (Wildman–Crippen LogP) is 8.71. The molecule has 0 amide bonds. The van der Waals surface area contributed by atoms with Crippen molar-refractivity contribution in [1.82, 2.24) is 4.57 Å². The van der Waals surface area contributed by atoms with Crippen LogP contribution in [0.1, 0.15) is 35.5 Å². The number of hydrogen-bond donors (Lipinski definition) is 2. The van der Waals surface area contributed by atoms with Gasteiger partial charge in [-0.2, -0.15) is 13.2 Å². The third-order valence-corrected chi connectivity index (χ3v) is 7.53. The highest BCUT2D eigenvalue weighted by Gasteiger charge is 2.30. The molecule has 44 heavy (non-hydrogen) atoms. The number of aromatic nitrogens is 1. The summed E-state index contributed by atoms with van der Waals surface area (Å²) >= 11 is 1.26. The molecule has 226 valence electrons. The maximum Gasteiger partial charge on any atom is 0.416 e. The van der Waals surface area contributed by atoms with Crippen LogP contribution < -0.4 is 9.47 Å². The highest BCUT2D eigenvalue weighted by molar-refractivity contribution is 7.99. The summed E-state index contributed by atoms with van der Waals surface area (Å²) in [6.45, 7) is 3.84. The van der Waals surface area contributed by atoms with Crippen molar-refractivity contribution < 1.29 is 42.4 Å². The van der Waals surface area contributed by atoms with Crippen molar-refractivity contribution in [2.24, 2.45) is 0 Å². The minimum absolute atomic E-state index is 0.0108. The van der Waals surface area contributed by atoms with E-state index in [0.29, 0.717) is 38.7 Å². The van der Waals surface area contributed by atoms with Gasteiger partial charge in [0.05, 0.1) is 29.2 Å². The molecule has 0 aliphatic heterocycles. The van der Waals surface area contributed by atoms with Crippen molar-refractivity contribution >= 4 is 34.6 Å². The van der Waals surface area contributed by atoms with Gasteiger partial charge in [0, 0.05) is 26.6 Å². The fraction of sp³-hybridized carbons (Fsp3) is 0.152. The lowest BCUT2D eigenvalue weighted by molar-refractivity contribution is -0.138. The Morgan fingerprint density at radius 2 is 1.39 bits per heavy atom. The first-order valence-electron chi connectivity index (χ1n) is 13.4. The second kappa shape index (κ2) is 12.4. The van der Waals surface area contributed by atoms with Crippen molar-refractivity contribution in [3.8, 4) is 22.9 Å². The Morgan fingerprint density at radius 1 is 0.818 bits per heavy atom. The maximum atomic E-state index is 12.9. The second-order valence-electron chi connectivity index (χ2n) is 10.1. The molecule has 4 aromatic carbocycles. The van der Waals surface area contributed by atoms with Crippen LogP contribution in [0.25, 0.3) is 16.6 Å². The maximum absolute atomic E-state index is 12.9. The molecular formula is C33H26F3NO6S. The zero-order valence-electron chi connectivity index (χ0n) is 23.5. The molecule has 2 N–H and O–H groups in total. The topological polar surface area (TPSA) is 98.0 Å². The van der Waals surface area contributed by atoms with Gasteiger partial charge in [0.2, 0.25) is 0 Å². The van der Waals surface area contributed by atoms with E-state index in [2.05, 4.69) is 0 Å². The molecule has 0 spiro atoms. The van der Waals surface area contributed by atoms with Gasteiger partial charge in [-0.1, -0.05) is 11.8 Å². The lowest BCUT2D eigenvalue weighted by Gasteiger charge is -2.12. The van der Waals surface area contributed by atoms with E-state index >= 15 is 0 Å². The van der Waals surface area contributed by atoms with Crippen LogP contribution in [-0.2, 0) is 17.4 Å². The van der Waals surface area contributed by atoms with Crippen LogP contribution in [0.15, 0.2) is 101 Å². The number of carboxylic acids is 2. The molecule has 1 heterocycles. The molecule has 0 saturated heterocycles. The van der Waals surface area contributed by atoms with Crippen molar-refractivity contribution in [3.05, 3.63) is 108 Å². The first-order valence-corrected chi connectivity index (χ1v) is 14.2. The van der Waals surface area contributed by atoms with E-state index in [1.807, 2.05) is 13.8 Å². The van der Waals surface area contributed by atoms with Crippen molar-refractivity contribution in [2.45, 2.75) is 42.3 Å². The number of nitrogens with zero attached hydrogens (tertiary/aromatic N) is 1. The summed E-state index contributed by atoms with van der Waals surface area (Å²) in [5.74, 6) is -0.948. The number of hydrogen-bond acceptors (Lipinski definition) is 5. The number of fused-ring (bicyclic) bond motifs is 1. The number of ether oxygens (including phenoxy) is 2. The summed E-state index contributed by atoms with van der Waals surface area (Å²) in [7, 11) is 0. The standard InChI is InChI=1S/C33H26F3NO6S/c1-19(2)42-22-7-9-23(10-8-22)43-24-11-16-28-27(17-24)31(32(40)41)29(18-30(38)39)37(28)21-5-14-26(15-6-21)44-25-12-3-20(4-13-25)33(34,35)36/h3-17,19H,18H2,1-2H3,(H,38,39)(H,40,41). The van der Waals surface area contributed by atoms with E-state index in [1.165, 1.54) is 23.9 Å². The average Bonchev–Trinajstić information content (AvgIpc) is 3.26. The van der Waals surface area contributed by atoms with E-state index in [0.717, 1.165) is 17.0 Å². The van der Waals surface area contributed by atoms with E-state index in [-0.39, 0.29) is 17.4 Å². The number of benzene rings is 4. The molecule has 0 atom stereocenters. The highest BCUT2D eigenvalue weighted by atomic mass is 32.2. The number of rotatable bonds is 10. The predicted molar refractivity (Wildman–Crippen MR) is 159 cm³/mol. The van der Waals surface area contributed by atoms with Crippen LogP contribution in [0.2, 0.25) is 0 Å². The Bertz CT molecular complexity index is 1810. The Hall–Kier alpha value is -4.90. The van der Waals surface area contributed by atoms with E-state index < -0.39 is 30.1 Å². The monoisotopic (exact) mass is 621 g/mol. The number of aromatic carboxylic acids is 1. The highest BCUT2D eigenvalue weighted by Crippen LogP contribution is 2.37. The summed E-state index contributed by atoms with van der Waals surface area (Å²) in [6.07, 6.45) is -4.96. The number of carboxylic acid groups (broad SMARTS) is 2. The third-order valence-electron chi connectivity index (χ3n) is 6.51. The lowest BCUT2D eigenvalue weighted by Crippen LogP contribution is -2.11. The molecule has 0 aliphatic rings. The van der Waals surface area contributed by atoms with Gasteiger partial charge >= 0.3 is 18.1 Å². The number of carbonyl (C=O) groups is 2. The summed E-state index contributed by atoms with van der Waals surface area (Å²) in [5.41, 5.74) is 0.173. The summed E-state index contributed by atoms with van der Waals surface area (Å²) in [4.78, 5) is 25.6. The first kappa shape index (κ1) is 30.6. The molecular weight excluding hydrogens is 595 g/mol. The van der Waals surface area contributed by atoms with Crippen molar-refractivity contribution in [2.75, 3.05) is 0 Å². The zero-order chi connectivity index (χ0) is 31.6. The van der Waals surface area contributed by atoms with Crippen LogP contribution >= 0.6 is 11.8 Å². The molecule has 0 bridgehead atoms. The Morgan fingerprint density at radius 3 is 1.93 bits per heavy atom. The van der Waals surface area contributed by atoms with E-state index in [9.17, 15) is 33.0 Å². The normalized spacial score (nSPS) is 11.6. The quantitative estimate of drug-likeness (QED) is 0.161. The van der Waals surface area contributed by atoms with Crippen LogP contribution in [0.3, 0.4) is 0 Å². The fourth-order valence-electron chi connectivity index (χ4n) is 4.74. The molecule has 0 aliphatic carbocycles. The lowest BCUT2D eigenvalue weighted by atomic mass is 10.1. The molecule has 0 radical (unpaired) electrons. The zero-order valence-corrected chi connectivity index (χ0v) is 24.3. The molecule has 0 saturated carbocycles. The number of alkyl halides is 3. The van der Waals surface area contributed by atoms with Crippen LogP contribution in [0, 0.1) is 0 Å². The summed E-state index contributed by atoms with van der Waals surface area (Å²) in [5, 5.41) is 20.1. The molecule has 5 aromatic rings. The van der Waals surface area contributed by atoms with E-state index in [4.69, 9.17) is 9.47 Å². The SMILES string of the molecule is CC(C)Oc1ccc(Oc2ccc3c(c2)c(C(=O)O)c(CC(=O)O)n3-c2ccc(Sc3ccc(C(F)(F)F)cc3)cc2)cc1. The average molecular weight is 622 g/mol. The van der Waals surface area contributed by atoms with Crippen LogP contribution in [0.5, 0.6) is 17.2 Å². The molecule has 11 heteroatoms. The van der Waals surface area contributed by atoms with Gasteiger partial charge in [0.25, 0.3) is 0 Å². The largest absolute Gasteiger partial charge is 0.491 e. The fourth-order valence-corrected chi connectivity index (χ4v) is 5.55. The third kappa shape index (κ3) is 6.84. The molecule has 0 fully saturated rings. The summed E-state index contributed by atoms with van der Waals surface area (Å²) in [6, 6.07) is 23.6. The first-order chi connectivity index (χ1) is 20.9. The minimum atomic E-state index is -4.42. The molecule has 0 unspecified atom stereocenters. The Balaban J connectivity index is 1.49. The molecule has 1 aromatic heterocycles. The Kier molecular flexibility index (Phi) is 8.59. The van der Waals surface area contributed by atoms with E-state index in [1.54, 1.807) is 71.3 Å². The van der Waals surface area contributed by atoms with Crippen LogP contribution in [-0.4, -0.2) is 32.8 Å². The molecule has 5 rings (SSSR count). The van der Waals surface area contributed by atoms with Crippen LogP contribution in [0.4, 0.5) is 13.2 Å². The van der Waals surface area contributed by atoms with Crippen molar-refractivity contribution in [1.29, 1.82) is 0 Å². The van der Waals surface area contributed by atoms with Gasteiger partial charge in [-0.05, 0) is 105 Å². The minimum Gasteiger partial charge on any atom is -0.491 e. The molecule has 7 nitrogen and oxygen atoms in total. The number of halogens is 3. The smallest absolute Gasteiger partial charge is 0.416 e. The summed E-state index contributed by atoms with van der Waals surface area (Å²) < 4.78 is 51.9. The van der Waals surface area contributed by atoms with Gasteiger partial charge < -0.3 is 24.3 Å². The van der Waals surface area contributed by atoms with Crippen molar-refractivity contribution in [3.63, 3.8) is 0 Å². The van der Waals surface area contributed by atoms with Gasteiger partial charge in [0.15, 0.2) is 0 Å².